The topological polar surface area (TPSA) is 72.5 Å². The Labute approximate surface area is 126 Å². The van der Waals surface area contributed by atoms with E-state index in [0.717, 1.165) is 12.8 Å². The van der Waals surface area contributed by atoms with Gasteiger partial charge in [-0.15, -0.1) is 0 Å². The lowest BCUT2D eigenvalue weighted by atomic mass is 10.1. The van der Waals surface area contributed by atoms with Crippen molar-refractivity contribution >= 4 is 37.2 Å². The van der Waals surface area contributed by atoms with Gasteiger partial charge in [-0.1, -0.05) is 11.6 Å². The summed E-state index contributed by atoms with van der Waals surface area (Å²) in [4.78, 5) is 12.0. The lowest BCUT2D eigenvalue weighted by Crippen LogP contribution is -2.39. The van der Waals surface area contributed by atoms with E-state index < -0.39 is 15.0 Å². The SMILES string of the molecule is O=C(NC1CCOCC1)c1cc(S(=O)(=O)Cl)ccc1Cl. The molecule has 5 nitrogen and oxygen atoms in total. The van der Waals surface area contributed by atoms with Crippen LogP contribution in [0.15, 0.2) is 23.1 Å². The molecule has 0 unspecified atom stereocenters. The highest BCUT2D eigenvalue weighted by Crippen LogP contribution is 2.23. The highest BCUT2D eigenvalue weighted by molar-refractivity contribution is 8.13. The van der Waals surface area contributed by atoms with Crippen molar-refractivity contribution in [2.45, 2.75) is 23.8 Å². The number of carbonyl (C=O) groups is 1. The van der Waals surface area contributed by atoms with Crippen LogP contribution >= 0.6 is 22.3 Å². The predicted molar refractivity (Wildman–Crippen MR) is 75.8 cm³/mol. The Hall–Kier alpha value is -0.820. The summed E-state index contributed by atoms with van der Waals surface area (Å²) >= 11 is 5.94. The van der Waals surface area contributed by atoms with Crippen molar-refractivity contribution in [3.8, 4) is 0 Å². The Balaban J connectivity index is 2.20. The summed E-state index contributed by atoms with van der Waals surface area (Å²) in [7, 11) is 1.37. The predicted octanol–water partition coefficient (Wildman–Crippen LogP) is 2.18. The van der Waals surface area contributed by atoms with E-state index in [1.165, 1.54) is 18.2 Å². The standard InChI is InChI=1S/C12H13Cl2NO4S/c13-11-2-1-9(20(14,17)18)7-10(11)12(16)15-8-3-5-19-6-4-8/h1-2,7-8H,3-6H2,(H,15,16). The molecular formula is C12H13Cl2NO4S. The fourth-order valence-electron chi connectivity index (χ4n) is 1.94. The number of amides is 1. The van der Waals surface area contributed by atoms with Crippen molar-refractivity contribution < 1.29 is 17.9 Å². The van der Waals surface area contributed by atoms with Gasteiger partial charge in [-0.05, 0) is 31.0 Å². The molecule has 20 heavy (non-hydrogen) atoms. The zero-order valence-electron chi connectivity index (χ0n) is 10.4. The fourth-order valence-corrected chi connectivity index (χ4v) is 2.92. The summed E-state index contributed by atoms with van der Waals surface area (Å²) in [5, 5.41) is 2.99. The van der Waals surface area contributed by atoms with Gasteiger partial charge >= 0.3 is 0 Å². The smallest absolute Gasteiger partial charge is 0.261 e. The first-order valence-electron chi connectivity index (χ1n) is 6.01. The minimum atomic E-state index is -3.90. The second-order valence-electron chi connectivity index (χ2n) is 4.44. The maximum Gasteiger partial charge on any atom is 0.261 e. The summed E-state index contributed by atoms with van der Waals surface area (Å²) in [5.74, 6) is -0.413. The van der Waals surface area contributed by atoms with Gasteiger partial charge in [0.05, 0.1) is 15.5 Å². The quantitative estimate of drug-likeness (QED) is 0.858. The highest BCUT2D eigenvalue weighted by atomic mass is 35.7. The molecule has 0 atom stereocenters. The molecule has 8 heteroatoms. The van der Waals surface area contributed by atoms with E-state index in [1.54, 1.807) is 0 Å². The Morgan fingerprint density at radius 3 is 2.55 bits per heavy atom. The number of hydrogen-bond donors (Lipinski definition) is 1. The van der Waals surface area contributed by atoms with Gasteiger partial charge in [0.2, 0.25) is 0 Å². The van der Waals surface area contributed by atoms with Crippen LogP contribution in [0.25, 0.3) is 0 Å². The molecule has 0 spiro atoms. The van der Waals surface area contributed by atoms with Crippen molar-refractivity contribution in [3.63, 3.8) is 0 Å². The van der Waals surface area contributed by atoms with Crippen LogP contribution in [0.1, 0.15) is 23.2 Å². The molecule has 1 N–H and O–H groups in total. The summed E-state index contributed by atoms with van der Waals surface area (Å²) in [5.41, 5.74) is 0.0971. The molecule has 1 heterocycles. The van der Waals surface area contributed by atoms with Gasteiger partial charge in [0.15, 0.2) is 0 Å². The monoisotopic (exact) mass is 337 g/mol. The minimum Gasteiger partial charge on any atom is -0.381 e. The molecule has 0 bridgehead atoms. The first-order valence-corrected chi connectivity index (χ1v) is 8.69. The molecule has 1 aliphatic rings. The molecule has 1 saturated heterocycles. The van der Waals surface area contributed by atoms with Crippen LogP contribution in [0.5, 0.6) is 0 Å². The zero-order valence-corrected chi connectivity index (χ0v) is 12.8. The highest BCUT2D eigenvalue weighted by Gasteiger charge is 2.20. The first kappa shape index (κ1) is 15.6. The van der Waals surface area contributed by atoms with E-state index >= 15 is 0 Å². The molecule has 1 aromatic rings. The molecule has 1 fully saturated rings. The number of nitrogens with one attached hydrogen (secondary N) is 1. The summed E-state index contributed by atoms with van der Waals surface area (Å²) in [6.45, 7) is 1.18. The number of ether oxygens (including phenoxy) is 1. The van der Waals surface area contributed by atoms with E-state index in [1.807, 2.05) is 0 Å². The number of halogens is 2. The van der Waals surface area contributed by atoms with Crippen molar-refractivity contribution in [3.05, 3.63) is 28.8 Å². The fraction of sp³-hybridized carbons (Fsp3) is 0.417. The number of carbonyl (C=O) groups excluding carboxylic acids is 1. The second-order valence-corrected chi connectivity index (χ2v) is 7.41. The maximum atomic E-state index is 12.1. The molecule has 0 aliphatic carbocycles. The van der Waals surface area contributed by atoms with Gasteiger partial charge in [0.25, 0.3) is 15.0 Å². The molecular weight excluding hydrogens is 325 g/mol. The van der Waals surface area contributed by atoms with Crippen molar-refractivity contribution in [1.82, 2.24) is 5.32 Å². The van der Waals surface area contributed by atoms with E-state index in [-0.39, 0.29) is 21.5 Å². The van der Waals surface area contributed by atoms with Gasteiger partial charge in [0.1, 0.15) is 0 Å². The second kappa shape index (κ2) is 6.30. The summed E-state index contributed by atoms with van der Waals surface area (Å²) < 4.78 is 27.8. The lowest BCUT2D eigenvalue weighted by molar-refractivity contribution is 0.0696. The Morgan fingerprint density at radius 2 is 1.95 bits per heavy atom. The van der Waals surface area contributed by atoms with E-state index in [4.69, 9.17) is 27.0 Å². The van der Waals surface area contributed by atoms with Crippen LogP contribution in [-0.4, -0.2) is 33.6 Å². The summed E-state index contributed by atoms with van der Waals surface area (Å²) in [6.07, 6.45) is 1.44. The molecule has 1 amide bonds. The molecule has 0 aromatic heterocycles. The third-order valence-electron chi connectivity index (χ3n) is 3.02. The average molecular weight is 338 g/mol. The minimum absolute atomic E-state index is 0.00332. The molecule has 0 saturated carbocycles. The van der Waals surface area contributed by atoms with E-state index in [9.17, 15) is 13.2 Å². The van der Waals surface area contributed by atoms with E-state index in [2.05, 4.69) is 5.32 Å². The molecule has 110 valence electrons. The van der Waals surface area contributed by atoms with Gasteiger partial charge in [0, 0.05) is 29.9 Å². The van der Waals surface area contributed by atoms with Crippen LogP contribution in [0, 0.1) is 0 Å². The first-order chi connectivity index (χ1) is 9.38. The van der Waals surface area contributed by atoms with Gasteiger partial charge in [-0.25, -0.2) is 8.42 Å². The van der Waals surface area contributed by atoms with Crippen molar-refractivity contribution in [2.24, 2.45) is 0 Å². The molecule has 0 radical (unpaired) electrons. The Morgan fingerprint density at radius 1 is 1.30 bits per heavy atom. The Kier molecular flexibility index (Phi) is 4.90. The Bertz CT molecular complexity index is 612. The van der Waals surface area contributed by atoms with Gasteiger partial charge in [-0.3, -0.25) is 4.79 Å². The molecule has 1 aliphatic heterocycles. The normalized spacial score (nSPS) is 16.9. The average Bonchev–Trinajstić information content (AvgIpc) is 2.39. The third-order valence-corrected chi connectivity index (χ3v) is 4.70. The van der Waals surface area contributed by atoms with Crippen LogP contribution in [0.3, 0.4) is 0 Å². The van der Waals surface area contributed by atoms with Crippen LogP contribution in [-0.2, 0) is 13.8 Å². The van der Waals surface area contributed by atoms with Crippen LogP contribution in [0.4, 0.5) is 0 Å². The van der Waals surface area contributed by atoms with Gasteiger partial charge in [-0.2, -0.15) is 0 Å². The van der Waals surface area contributed by atoms with E-state index in [0.29, 0.717) is 13.2 Å². The molecule has 1 aromatic carbocycles. The maximum absolute atomic E-state index is 12.1. The van der Waals surface area contributed by atoms with Gasteiger partial charge < -0.3 is 10.1 Å². The van der Waals surface area contributed by atoms with Crippen LogP contribution < -0.4 is 5.32 Å². The molecule has 2 rings (SSSR count). The lowest BCUT2D eigenvalue weighted by Gasteiger charge is -2.23. The largest absolute Gasteiger partial charge is 0.381 e. The number of hydrogen-bond acceptors (Lipinski definition) is 4. The summed E-state index contributed by atoms with van der Waals surface area (Å²) in [6, 6.07) is 3.79. The van der Waals surface area contributed by atoms with Crippen molar-refractivity contribution in [2.75, 3.05) is 13.2 Å². The number of benzene rings is 1. The zero-order chi connectivity index (χ0) is 14.8. The third kappa shape index (κ3) is 3.85. The van der Waals surface area contributed by atoms with Crippen LogP contribution in [0.2, 0.25) is 5.02 Å². The van der Waals surface area contributed by atoms with Crippen molar-refractivity contribution in [1.29, 1.82) is 0 Å². The number of rotatable bonds is 3.